The summed E-state index contributed by atoms with van der Waals surface area (Å²) in [6.45, 7) is -0.285. The molecule has 0 N–H and O–H groups in total. The van der Waals surface area contributed by atoms with Crippen molar-refractivity contribution in [1.29, 1.82) is 0 Å². The van der Waals surface area contributed by atoms with Crippen molar-refractivity contribution < 1.29 is 19.1 Å². The fourth-order valence-corrected chi connectivity index (χ4v) is 3.77. The summed E-state index contributed by atoms with van der Waals surface area (Å²) in [7, 11) is 1.55. The van der Waals surface area contributed by atoms with E-state index in [2.05, 4.69) is 15.9 Å². The third-order valence-electron chi connectivity index (χ3n) is 4.80. The van der Waals surface area contributed by atoms with Crippen LogP contribution in [0.3, 0.4) is 0 Å². The van der Waals surface area contributed by atoms with Crippen LogP contribution in [0.15, 0.2) is 46.9 Å². The highest BCUT2D eigenvalue weighted by Gasteiger charge is 2.47. The topological polar surface area (TPSA) is 52.6 Å². The highest BCUT2D eigenvalue weighted by atomic mass is 79.9. The molecule has 0 radical (unpaired) electrons. The summed E-state index contributed by atoms with van der Waals surface area (Å²) in [6.07, 6.45) is 2.39. The van der Waals surface area contributed by atoms with Gasteiger partial charge in [-0.05, 0) is 64.7 Å². The summed E-state index contributed by atoms with van der Waals surface area (Å²) in [5, 5.41) is 0.622. The number of methoxy groups -OCH3 is 1. The van der Waals surface area contributed by atoms with Crippen LogP contribution in [0.2, 0.25) is 5.02 Å². The number of halogens is 2. The van der Waals surface area contributed by atoms with Crippen LogP contribution in [0.4, 0.5) is 0 Å². The van der Waals surface area contributed by atoms with Gasteiger partial charge in [0.2, 0.25) is 0 Å². The second kappa shape index (κ2) is 7.80. The number of ketones is 1. The van der Waals surface area contributed by atoms with Gasteiger partial charge in [-0.1, -0.05) is 30.2 Å². The summed E-state index contributed by atoms with van der Waals surface area (Å²) in [5.41, 5.74) is 0.683. The lowest BCUT2D eigenvalue weighted by Crippen LogP contribution is -2.44. The van der Waals surface area contributed by atoms with Crippen molar-refractivity contribution in [2.24, 2.45) is 0 Å². The molecule has 0 bridgehead atoms. The number of carbonyl (C=O) groups excluding carboxylic acids is 2. The summed E-state index contributed by atoms with van der Waals surface area (Å²) >= 11 is 9.28. The molecule has 0 atom stereocenters. The minimum atomic E-state index is -0.661. The van der Waals surface area contributed by atoms with E-state index in [-0.39, 0.29) is 18.4 Å². The number of hydrogen-bond acceptors (Lipinski definition) is 4. The monoisotopic (exact) mass is 436 g/mol. The van der Waals surface area contributed by atoms with Crippen LogP contribution >= 0.6 is 27.5 Å². The number of hydrogen-bond donors (Lipinski definition) is 0. The van der Waals surface area contributed by atoms with Gasteiger partial charge in [0.15, 0.2) is 12.4 Å². The second-order valence-electron chi connectivity index (χ2n) is 6.29. The zero-order valence-electron chi connectivity index (χ0n) is 14.3. The SMILES string of the molecule is COc1ccc(C(=O)COC(=O)C2(c3ccc(Cl)cc3)CCC2)cc1Br. The van der Waals surface area contributed by atoms with Crippen molar-refractivity contribution in [1.82, 2.24) is 0 Å². The molecule has 136 valence electrons. The molecule has 0 saturated heterocycles. The van der Waals surface area contributed by atoms with Crippen LogP contribution in [0.5, 0.6) is 5.75 Å². The minimum absolute atomic E-state index is 0.257. The molecule has 26 heavy (non-hydrogen) atoms. The third kappa shape index (κ3) is 3.64. The van der Waals surface area contributed by atoms with Gasteiger partial charge in [-0.25, -0.2) is 0 Å². The molecule has 6 heteroatoms. The molecule has 0 aromatic heterocycles. The molecule has 0 aliphatic heterocycles. The summed E-state index contributed by atoms with van der Waals surface area (Å²) in [4.78, 5) is 25.1. The van der Waals surface area contributed by atoms with E-state index < -0.39 is 5.41 Å². The van der Waals surface area contributed by atoms with E-state index in [1.54, 1.807) is 37.4 Å². The smallest absolute Gasteiger partial charge is 0.317 e. The Morgan fingerprint density at radius 3 is 2.38 bits per heavy atom. The molecule has 1 saturated carbocycles. The maximum Gasteiger partial charge on any atom is 0.317 e. The van der Waals surface area contributed by atoms with Gasteiger partial charge >= 0.3 is 5.97 Å². The molecule has 1 fully saturated rings. The van der Waals surface area contributed by atoms with Gasteiger partial charge in [0.25, 0.3) is 0 Å². The molecule has 0 spiro atoms. The Morgan fingerprint density at radius 2 is 1.85 bits per heavy atom. The molecule has 1 aliphatic rings. The molecule has 2 aromatic carbocycles. The van der Waals surface area contributed by atoms with E-state index in [4.69, 9.17) is 21.1 Å². The Kier molecular flexibility index (Phi) is 5.68. The zero-order valence-corrected chi connectivity index (χ0v) is 16.6. The lowest BCUT2D eigenvalue weighted by atomic mass is 9.64. The first-order valence-electron chi connectivity index (χ1n) is 8.26. The Hall–Kier alpha value is -1.85. The largest absolute Gasteiger partial charge is 0.496 e. The molecule has 3 rings (SSSR count). The predicted molar refractivity (Wildman–Crippen MR) is 103 cm³/mol. The fourth-order valence-electron chi connectivity index (χ4n) is 3.10. The number of Topliss-reactive ketones (excluding diaryl/α,β-unsaturated/α-hetero) is 1. The maximum atomic E-state index is 12.7. The summed E-state index contributed by atoms with van der Waals surface area (Å²) in [5.74, 6) is 0.0222. The Balaban J connectivity index is 1.68. The molecule has 0 unspecified atom stereocenters. The van der Waals surface area contributed by atoms with Crippen molar-refractivity contribution in [3.05, 3.63) is 63.1 Å². The van der Waals surface area contributed by atoms with Crippen LogP contribution in [0, 0.1) is 0 Å². The van der Waals surface area contributed by atoms with E-state index in [1.165, 1.54) is 0 Å². The van der Waals surface area contributed by atoms with Crippen LogP contribution in [-0.2, 0) is 14.9 Å². The Morgan fingerprint density at radius 1 is 1.15 bits per heavy atom. The van der Waals surface area contributed by atoms with E-state index in [9.17, 15) is 9.59 Å². The third-order valence-corrected chi connectivity index (χ3v) is 5.67. The van der Waals surface area contributed by atoms with Crippen molar-refractivity contribution >= 4 is 39.3 Å². The number of carbonyl (C=O) groups is 2. The van der Waals surface area contributed by atoms with Gasteiger partial charge in [-0.2, -0.15) is 0 Å². The molecule has 4 nitrogen and oxygen atoms in total. The van der Waals surface area contributed by atoms with Gasteiger partial charge in [0, 0.05) is 10.6 Å². The second-order valence-corrected chi connectivity index (χ2v) is 7.58. The first-order valence-corrected chi connectivity index (χ1v) is 9.43. The van der Waals surface area contributed by atoms with Crippen molar-refractivity contribution in [2.45, 2.75) is 24.7 Å². The van der Waals surface area contributed by atoms with Crippen molar-refractivity contribution in [2.75, 3.05) is 13.7 Å². The summed E-state index contributed by atoms with van der Waals surface area (Å²) < 4.78 is 11.2. The average molecular weight is 438 g/mol. The van der Waals surface area contributed by atoms with Crippen LogP contribution in [0.1, 0.15) is 35.2 Å². The van der Waals surface area contributed by atoms with Gasteiger partial charge in [0.05, 0.1) is 17.0 Å². The molecular weight excluding hydrogens is 420 g/mol. The fraction of sp³-hybridized carbons (Fsp3) is 0.300. The Bertz CT molecular complexity index is 828. The van der Waals surface area contributed by atoms with Gasteiger partial charge in [-0.3, -0.25) is 9.59 Å². The molecular formula is C20H18BrClO4. The normalized spacial score (nSPS) is 15.0. The van der Waals surface area contributed by atoms with Crippen LogP contribution in [0.25, 0.3) is 0 Å². The van der Waals surface area contributed by atoms with E-state index >= 15 is 0 Å². The molecule has 0 heterocycles. The highest BCUT2D eigenvalue weighted by Crippen LogP contribution is 2.45. The van der Waals surface area contributed by atoms with Crippen LogP contribution in [-0.4, -0.2) is 25.5 Å². The first-order chi connectivity index (χ1) is 12.5. The number of rotatable bonds is 6. The van der Waals surface area contributed by atoms with Gasteiger partial charge in [-0.15, -0.1) is 0 Å². The maximum absolute atomic E-state index is 12.7. The van der Waals surface area contributed by atoms with Crippen molar-refractivity contribution in [3.63, 3.8) is 0 Å². The molecule has 1 aliphatic carbocycles. The van der Waals surface area contributed by atoms with Gasteiger partial charge < -0.3 is 9.47 Å². The zero-order chi connectivity index (χ0) is 18.7. The van der Waals surface area contributed by atoms with E-state index in [0.717, 1.165) is 24.8 Å². The molecule has 2 aromatic rings. The van der Waals surface area contributed by atoms with E-state index in [1.807, 2.05) is 12.1 Å². The molecule has 0 amide bonds. The number of ether oxygens (including phenoxy) is 2. The predicted octanol–water partition coefficient (Wildman–Crippen LogP) is 4.96. The van der Waals surface area contributed by atoms with Crippen LogP contribution < -0.4 is 4.74 Å². The lowest BCUT2D eigenvalue weighted by Gasteiger charge is -2.39. The van der Waals surface area contributed by atoms with Crippen molar-refractivity contribution in [3.8, 4) is 5.75 Å². The standard InChI is InChI=1S/C20H18BrClO4/c1-25-18-8-3-13(11-16(18)21)17(23)12-26-19(24)20(9-2-10-20)14-4-6-15(22)7-5-14/h3-8,11H,2,9-10,12H2,1H3. The highest BCUT2D eigenvalue weighted by molar-refractivity contribution is 9.10. The quantitative estimate of drug-likeness (QED) is 0.473. The Labute approximate surface area is 165 Å². The van der Waals surface area contributed by atoms with E-state index in [0.29, 0.717) is 20.8 Å². The first kappa shape index (κ1) is 18.9. The summed E-state index contributed by atoms with van der Waals surface area (Å²) in [6, 6.07) is 12.2. The van der Waals surface area contributed by atoms with Gasteiger partial charge in [0.1, 0.15) is 5.75 Å². The lowest BCUT2D eigenvalue weighted by molar-refractivity contribution is -0.153. The number of benzene rings is 2. The minimum Gasteiger partial charge on any atom is -0.496 e. The average Bonchev–Trinajstić information content (AvgIpc) is 2.60. The number of esters is 1.